The van der Waals surface area contributed by atoms with E-state index in [1.54, 1.807) is 32.9 Å². The number of hydrogen-bond donors (Lipinski definition) is 6. The van der Waals surface area contributed by atoms with Crippen LogP contribution in [0.2, 0.25) is 0 Å². The van der Waals surface area contributed by atoms with Gasteiger partial charge in [0.1, 0.15) is 47.5 Å². The number of piperazine rings is 1. The quantitative estimate of drug-likeness (QED) is 0.0695. The zero-order valence-corrected chi connectivity index (χ0v) is 47.4. The van der Waals surface area contributed by atoms with E-state index in [0.29, 0.717) is 74.1 Å². The lowest BCUT2D eigenvalue weighted by Gasteiger charge is -2.36. The molecule has 0 radical (unpaired) electrons. The number of sulfone groups is 1. The SMILES string of the molecule is Cc1[nH]nc(Nc2ncnc3cc(OCCN4CCN(c5ncc(C(=O)N[C@H]6C[C@@H](C(=O)N[C@@H]7CCCc8ccccc87)N(C(=O)[C@@H](NC(=O)[C@H](C)N(C)C(=O)O)C7CCCCC7)C6)cn5)CC4)c(S(=O)(=O)C(C)(C)C)cc23)c1C. The molecule has 3 fully saturated rings. The van der Waals surface area contributed by atoms with Gasteiger partial charge < -0.3 is 40.9 Å². The number of anilines is 3. The van der Waals surface area contributed by atoms with Gasteiger partial charge in [-0.15, -0.1) is 0 Å². The summed E-state index contributed by atoms with van der Waals surface area (Å²) in [6, 6.07) is 7.26. The number of H-pyrrole nitrogens is 1. The summed E-state index contributed by atoms with van der Waals surface area (Å²) in [5.41, 5.74) is 4.69. The number of carboxylic acid groups (broad SMARTS) is 1. The largest absolute Gasteiger partial charge is 0.491 e. The highest BCUT2D eigenvalue weighted by Crippen LogP contribution is 2.38. The monoisotopic (exact) mass is 1120 g/mol. The molecule has 5 atom stereocenters. The van der Waals surface area contributed by atoms with Crippen LogP contribution in [0.25, 0.3) is 10.9 Å². The molecule has 5 amide bonds. The molecule has 2 aliphatic heterocycles. The molecule has 2 aliphatic carbocycles. The van der Waals surface area contributed by atoms with Crippen molar-refractivity contribution in [1.82, 2.24) is 60.8 Å². The van der Waals surface area contributed by atoms with E-state index < -0.39 is 62.6 Å². The summed E-state index contributed by atoms with van der Waals surface area (Å²) in [6.07, 6.45) is 9.74. The minimum atomic E-state index is -3.88. The highest BCUT2D eigenvalue weighted by Gasteiger charge is 2.46. The first-order valence-electron chi connectivity index (χ1n) is 27.7. The van der Waals surface area contributed by atoms with Crippen LogP contribution < -0.4 is 30.9 Å². The average molecular weight is 1120 g/mol. The minimum absolute atomic E-state index is 0.00150. The summed E-state index contributed by atoms with van der Waals surface area (Å²) >= 11 is 0. The van der Waals surface area contributed by atoms with Gasteiger partial charge in [-0.25, -0.2) is 33.1 Å². The van der Waals surface area contributed by atoms with Gasteiger partial charge in [0.05, 0.1) is 21.9 Å². The normalized spacial score (nSPS) is 19.9. The summed E-state index contributed by atoms with van der Waals surface area (Å²) < 4.78 is 33.3. The van der Waals surface area contributed by atoms with E-state index in [4.69, 9.17) is 4.74 Å². The van der Waals surface area contributed by atoms with Gasteiger partial charge in [0, 0.05) is 87.5 Å². The molecule has 3 aromatic heterocycles. The fourth-order valence-electron chi connectivity index (χ4n) is 11.1. The number of fused-ring (bicyclic) bond motifs is 2. The topological polar surface area (TPSA) is 290 Å². The van der Waals surface area contributed by atoms with Crippen molar-refractivity contribution in [2.24, 2.45) is 5.92 Å². The van der Waals surface area contributed by atoms with Crippen LogP contribution in [-0.4, -0.2) is 170 Å². The van der Waals surface area contributed by atoms with Crippen LogP contribution in [0.5, 0.6) is 5.75 Å². The van der Waals surface area contributed by atoms with Crippen molar-refractivity contribution < 1.29 is 42.2 Å². The Bertz CT molecular complexity index is 3210. The van der Waals surface area contributed by atoms with E-state index in [0.717, 1.165) is 65.8 Å². The molecule has 428 valence electrons. The second kappa shape index (κ2) is 24.1. The second-order valence-corrected chi connectivity index (χ2v) is 25.2. The van der Waals surface area contributed by atoms with Crippen LogP contribution >= 0.6 is 0 Å². The van der Waals surface area contributed by atoms with Crippen LogP contribution in [0.15, 0.2) is 60.0 Å². The molecule has 5 heterocycles. The van der Waals surface area contributed by atoms with Crippen LogP contribution in [0, 0.1) is 19.8 Å². The van der Waals surface area contributed by atoms with Crippen LogP contribution in [0.1, 0.15) is 118 Å². The van der Waals surface area contributed by atoms with Gasteiger partial charge in [-0.05, 0) is 103 Å². The third-order valence-corrected chi connectivity index (χ3v) is 18.9. The third kappa shape index (κ3) is 12.4. The van der Waals surface area contributed by atoms with Crippen molar-refractivity contribution in [3.8, 4) is 5.75 Å². The molecule has 80 heavy (non-hydrogen) atoms. The van der Waals surface area contributed by atoms with E-state index in [-0.39, 0.29) is 53.6 Å². The van der Waals surface area contributed by atoms with Gasteiger partial charge in [-0.3, -0.25) is 34.1 Å². The average Bonchev–Trinajstić information content (AvgIpc) is 4.06. The van der Waals surface area contributed by atoms with Crippen molar-refractivity contribution in [2.45, 2.75) is 139 Å². The molecule has 1 saturated carbocycles. The summed E-state index contributed by atoms with van der Waals surface area (Å²) in [5.74, 6) is -0.491. The number of carbonyl (C=O) groups is 5. The number of rotatable bonds is 17. The van der Waals surface area contributed by atoms with Gasteiger partial charge in [0.25, 0.3) is 5.91 Å². The van der Waals surface area contributed by atoms with Crippen molar-refractivity contribution in [2.75, 3.05) is 63.1 Å². The molecule has 0 unspecified atom stereocenters. The summed E-state index contributed by atoms with van der Waals surface area (Å²) in [5, 5.41) is 29.8. The summed E-state index contributed by atoms with van der Waals surface area (Å²) in [4.78, 5) is 93.5. The summed E-state index contributed by atoms with van der Waals surface area (Å²) in [6.45, 7) is 13.4. The Morgan fingerprint density at radius 3 is 2.33 bits per heavy atom. The Balaban J connectivity index is 0.838. The predicted molar refractivity (Wildman–Crippen MR) is 299 cm³/mol. The number of amides is 5. The highest BCUT2D eigenvalue weighted by atomic mass is 32.2. The van der Waals surface area contributed by atoms with Gasteiger partial charge in [-0.2, -0.15) is 5.10 Å². The smallest absolute Gasteiger partial charge is 0.407 e. The number of nitrogens with one attached hydrogen (secondary N) is 5. The van der Waals surface area contributed by atoms with Crippen LogP contribution in [0.3, 0.4) is 0 Å². The third-order valence-electron chi connectivity index (χ3n) is 16.4. The molecule has 9 rings (SSSR count). The van der Waals surface area contributed by atoms with E-state index in [1.807, 2.05) is 36.9 Å². The van der Waals surface area contributed by atoms with Crippen molar-refractivity contribution in [1.29, 1.82) is 0 Å². The lowest BCUT2D eigenvalue weighted by molar-refractivity contribution is -0.143. The van der Waals surface area contributed by atoms with Crippen molar-refractivity contribution >= 4 is 68.0 Å². The Morgan fingerprint density at radius 1 is 0.912 bits per heavy atom. The fraction of sp³-hybridized carbons (Fsp3) is 0.536. The Labute approximate surface area is 466 Å². The number of aromatic amines is 1. The molecule has 4 aliphatic rings. The molecular formula is C56H74N14O9S. The number of ether oxygens (including phenoxy) is 1. The van der Waals surface area contributed by atoms with Gasteiger partial charge in [0.2, 0.25) is 23.7 Å². The molecule has 2 saturated heterocycles. The first kappa shape index (κ1) is 57.2. The van der Waals surface area contributed by atoms with Crippen LogP contribution in [-0.2, 0) is 30.6 Å². The zero-order chi connectivity index (χ0) is 57.0. The predicted octanol–water partition coefficient (Wildman–Crippen LogP) is 5.23. The van der Waals surface area contributed by atoms with Crippen molar-refractivity contribution in [3.05, 3.63) is 83.1 Å². The van der Waals surface area contributed by atoms with Crippen molar-refractivity contribution in [3.63, 3.8) is 0 Å². The fourth-order valence-corrected chi connectivity index (χ4v) is 12.4. The highest BCUT2D eigenvalue weighted by molar-refractivity contribution is 7.92. The van der Waals surface area contributed by atoms with Gasteiger partial charge in [0.15, 0.2) is 15.7 Å². The number of benzene rings is 2. The van der Waals surface area contributed by atoms with E-state index in [9.17, 15) is 37.5 Å². The van der Waals surface area contributed by atoms with Crippen LogP contribution in [0.4, 0.5) is 22.4 Å². The summed E-state index contributed by atoms with van der Waals surface area (Å²) in [7, 11) is -2.58. The molecular weight excluding hydrogens is 1040 g/mol. The Morgan fingerprint density at radius 2 is 1.64 bits per heavy atom. The molecule has 5 aromatic rings. The number of carbonyl (C=O) groups excluding carboxylic acids is 4. The minimum Gasteiger partial charge on any atom is -0.491 e. The van der Waals surface area contributed by atoms with Gasteiger partial charge >= 0.3 is 6.09 Å². The standard InChI is InChI=1S/C56H74N14O9S/c1-33-34(2)65-66-48(33)64-49-41-27-46(80(77,78)56(4,5)6)45(28-43(41)59-32-60-49)79-25-24-68-20-22-69(23-21-68)54-57-29-38(30-58-54)51(72)61-39-26-44(52(73)62-42-19-13-17-36-14-11-12-18-40(36)42)70(31-39)53(74)47(37-15-9-8-10-16-37)63-50(71)35(3)67(7)55(75)76/h11-12,14,18,27-30,32,35,37,39,42,44,47H,8-10,13,15-17,19-26,31H2,1-7H3,(H,61,72)(H,62,73)(H,63,71)(H,75,76)(H2,59,60,64,65,66)/t35-,39-,42+,44-,47-/m0/s1. The molecule has 24 heteroatoms. The Kier molecular flexibility index (Phi) is 17.2. The number of aryl methyl sites for hydroxylation is 2. The lowest BCUT2D eigenvalue weighted by Crippen LogP contribution is -2.59. The molecule has 23 nitrogen and oxygen atoms in total. The van der Waals surface area contributed by atoms with E-state index in [2.05, 4.69) is 62.4 Å². The number of likely N-dealkylation sites (tertiary alicyclic amines) is 1. The maximum Gasteiger partial charge on any atom is 0.407 e. The zero-order valence-electron chi connectivity index (χ0n) is 46.6. The molecule has 0 spiro atoms. The molecule has 2 aromatic carbocycles. The second-order valence-electron chi connectivity index (χ2n) is 22.6. The van der Waals surface area contributed by atoms with Gasteiger partial charge in [-0.1, -0.05) is 43.5 Å². The maximum absolute atomic E-state index is 14.9. The number of nitrogens with zero attached hydrogens (tertiary/aromatic N) is 9. The number of aromatic nitrogens is 6. The first-order valence-corrected chi connectivity index (χ1v) is 29.2. The van der Waals surface area contributed by atoms with E-state index in [1.165, 1.54) is 37.6 Å². The maximum atomic E-state index is 14.9. The lowest BCUT2D eigenvalue weighted by atomic mass is 9.83. The molecule has 6 N–H and O–H groups in total. The Hall–Kier alpha value is -7.47. The number of likely N-dealkylation sites (N-methyl/N-ethyl adjacent to an activating group) is 1. The van der Waals surface area contributed by atoms with E-state index >= 15 is 0 Å². The molecule has 0 bridgehead atoms. The first-order chi connectivity index (χ1) is 38.2. The number of hydrogen-bond acceptors (Lipinski definition) is 16.